The van der Waals surface area contributed by atoms with Crippen LogP contribution < -0.4 is 0 Å². The fourth-order valence-corrected chi connectivity index (χ4v) is 5.40. The summed E-state index contributed by atoms with van der Waals surface area (Å²) in [5.41, 5.74) is 5.21. The first-order chi connectivity index (χ1) is 17.0. The second kappa shape index (κ2) is 9.46. The van der Waals surface area contributed by atoms with Crippen molar-refractivity contribution in [1.29, 1.82) is 5.26 Å². The van der Waals surface area contributed by atoms with Gasteiger partial charge < -0.3 is 4.57 Å². The smallest absolute Gasteiger partial charge is 0.293 e. The van der Waals surface area contributed by atoms with Crippen molar-refractivity contribution in [2.45, 2.75) is 20.0 Å². The van der Waals surface area contributed by atoms with E-state index in [0.717, 1.165) is 45.0 Å². The molecule has 0 bridgehead atoms. The number of nitriles is 1. The lowest BCUT2D eigenvalue weighted by atomic mass is 10.1. The number of rotatable bonds is 5. The number of hydrogen-bond donors (Lipinski definition) is 0. The van der Waals surface area contributed by atoms with Crippen molar-refractivity contribution in [1.82, 2.24) is 9.47 Å². The van der Waals surface area contributed by atoms with Crippen LogP contribution in [0.1, 0.15) is 27.9 Å². The molecule has 1 aliphatic rings. The number of fused-ring (bicyclic) bond motifs is 1. The maximum absolute atomic E-state index is 13.2. The van der Waals surface area contributed by atoms with Crippen molar-refractivity contribution in [2.24, 2.45) is 0 Å². The number of thioether (sulfide) groups is 1. The minimum atomic E-state index is -0.314. The van der Waals surface area contributed by atoms with Gasteiger partial charge >= 0.3 is 0 Å². The van der Waals surface area contributed by atoms with Gasteiger partial charge in [0.2, 0.25) is 0 Å². The molecule has 0 radical (unpaired) electrons. The minimum absolute atomic E-state index is 0.175. The lowest BCUT2D eigenvalue weighted by Gasteiger charge is -2.12. The van der Waals surface area contributed by atoms with Crippen molar-refractivity contribution in [3.8, 4) is 6.07 Å². The molecule has 1 aromatic heterocycles. The maximum Gasteiger partial charge on any atom is 0.293 e. The quantitative estimate of drug-likeness (QED) is 0.286. The first-order valence-electron chi connectivity index (χ1n) is 11.0. The topological polar surface area (TPSA) is 66.1 Å². The molecule has 35 heavy (non-hydrogen) atoms. The van der Waals surface area contributed by atoms with Crippen LogP contribution in [0.15, 0.2) is 77.7 Å². The molecular formula is C28H20ClN3O2S. The highest BCUT2D eigenvalue weighted by atomic mass is 35.5. The SMILES string of the molecule is Cc1c(/C=C2\SC(=O)N(Cc3cccc(Cl)c3)C2=O)c2ccccc2n1Cc1ccccc1C#N. The van der Waals surface area contributed by atoms with E-state index in [0.29, 0.717) is 22.0 Å². The molecule has 1 aliphatic heterocycles. The Kier molecular flexibility index (Phi) is 6.21. The zero-order valence-electron chi connectivity index (χ0n) is 18.9. The molecule has 4 aromatic rings. The molecule has 2 amide bonds. The van der Waals surface area contributed by atoms with Gasteiger partial charge in [-0.1, -0.05) is 60.1 Å². The average Bonchev–Trinajstić information content (AvgIpc) is 3.27. The number of nitrogens with zero attached hydrogens (tertiary/aromatic N) is 3. The molecule has 7 heteroatoms. The number of carbonyl (C=O) groups is 2. The van der Waals surface area contributed by atoms with Crippen molar-refractivity contribution < 1.29 is 9.59 Å². The molecule has 5 rings (SSSR count). The van der Waals surface area contributed by atoms with Gasteiger partial charge in [0.1, 0.15) is 0 Å². The lowest BCUT2D eigenvalue weighted by molar-refractivity contribution is -0.123. The monoisotopic (exact) mass is 497 g/mol. The van der Waals surface area contributed by atoms with Crippen LogP contribution in [0.25, 0.3) is 17.0 Å². The van der Waals surface area contributed by atoms with Gasteiger partial charge in [-0.25, -0.2) is 0 Å². The zero-order valence-corrected chi connectivity index (χ0v) is 20.4. The van der Waals surface area contributed by atoms with E-state index >= 15 is 0 Å². The highest BCUT2D eigenvalue weighted by molar-refractivity contribution is 8.18. The second-order valence-corrected chi connectivity index (χ2v) is 9.70. The average molecular weight is 498 g/mol. The normalized spacial score (nSPS) is 14.8. The van der Waals surface area contributed by atoms with Gasteiger partial charge in [-0.3, -0.25) is 14.5 Å². The van der Waals surface area contributed by atoms with Gasteiger partial charge in [0.05, 0.1) is 23.1 Å². The van der Waals surface area contributed by atoms with Crippen molar-refractivity contribution in [2.75, 3.05) is 0 Å². The van der Waals surface area contributed by atoms with E-state index < -0.39 is 0 Å². The predicted molar refractivity (Wildman–Crippen MR) is 140 cm³/mol. The largest absolute Gasteiger partial charge is 0.340 e. The van der Waals surface area contributed by atoms with Crippen LogP contribution in [0.3, 0.4) is 0 Å². The summed E-state index contributed by atoms with van der Waals surface area (Å²) in [6, 6.07) is 24.9. The summed E-state index contributed by atoms with van der Waals surface area (Å²) in [6.07, 6.45) is 1.81. The third-order valence-corrected chi connectivity index (χ3v) is 7.27. The van der Waals surface area contributed by atoms with Gasteiger partial charge in [0.15, 0.2) is 0 Å². The van der Waals surface area contributed by atoms with Gasteiger partial charge in [-0.05, 0) is 60.2 Å². The molecule has 0 unspecified atom stereocenters. The van der Waals surface area contributed by atoms with E-state index in [2.05, 4.69) is 10.6 Å². The number of aromatic nitrogens is 1. The molecule has 0 aliphatic carbocycles. The summed E-state index contributed by atoms with van der Waals surface area (Å²) in [5.74, 6) is -0.314. The third kappa shape index (κ3) is 4.37. The molecule has 172 valence electrons. The van der Waals surface area contributed by atoms with E-state index in [1.54, 1.807) is 18.2 Å². The van der Waals surface area contributed by atoms with Crippen LogP contribution in [0, 0.1) is 18.3 Å². The van der Waals surface area contributed by atoms with Gasteiger partial charge in [0, 0.05) is 33.7 Å². The van der Waals surface area contributed by atoms with E-state index in [-0.39, 0.29) is 17.7 Å². The molecule has 2 heterocycles. The number of carbonyl (C=O) groups excluding carboxylic acids is 2. The summed E-state index contributed by atoms with van der Waals surface area (Å²) in [7, 11) is 0. The standard InChI is InChI=1S/C28H20ClN3O2S/c1-18-24(14-26-27(33)32(28(34)35-26)16-19-7-6-10-22(29)13-19)23-11-4-5-12-25(23)31(18)17-21-9-3-2-8-20(21)15-30/h2-14H,16-17H2,1H3/b26-14-. The van der Waals surface area contributed by atoms with Crippen LogP contribution >= 0.6 is 23.4 Å². The Morgan fingerprint density at radius 3 is 2.57 bits per heavy atom. The first-order valence-corrected chi connectivity index (χ1v) is 12.2. The molecule has 5 nitrogen and oxygen atoms in total. The van der Waals surface area contributed by atoms with E-state index in [1.165, 1.54) is 4.90 Å². The van der Waals surface area contributed by atoms with Gasteiger partial charge in [-0.15, -0.1) is 0 Å². The Labute approximate surface area is 212 Å². The van der Waals surface area contributed by atoms with Crippen molar-refractivity contribution in [3.05, 3.63) is 111 Å². The van der Waals surface area contributed by atoms with E-state index in [1.807, 2.05) is 67.6 Å². The number of imide groups is 1. The number of halogens is 1. The lowest BCUT2D eigenvalue weighted by Crippen LogP contribution is -2.27. The van der Waals surface area contributed by atoms with Crippen molar-refractivity contribution >= 4 is 51.5 Å². The van der Waals surface area contributed by atoms with Crippen LogP contribution in [-0.4, -0.2) is 20.6 Å². The number of amides is 2. The fraction of sp³-hybridized carbons (Fsp3) is 0.107. The van der Waals surface area contributed by atoms with Gasteiger partial charge in [-0.2, -0.15) is 5.26 Å². The molecule has 0 N–H and O–H groups in total. The van der Waals surface area contributed by atoms with Gasteiger partial charge in [0.25, 0.3) is 11.1 Å². The Hall–Kier alpha value is -3.79. The zero-order chi connectivity index (χ0) is 24.5. The highest BCUT2D eigenvalue weighted by Crippen LogP contribution is 2.36. The maximum atomic E-state index is 13.2. The van der Waals surface area contributed by atoms with Crippen molar-refractivity contribution in [3.63, 3.8) is 0 Å². The van der Waals surface area contributed by atoms with Crippen LogP contribution in [0.2, 0.25) is 5.02 Å². The fourth-order valence-electron chi connectivity index (χ4n) is 4.37. The van der Waals surface area contributed by atoms with Crippen LogP contribution in [-0.2, 0) is 17.9 Å². The van der Waals surface area contributed by atoms with Crippen LogP contribution in [0.4, 0.5) is 4.79 Å². The van der Waals surface area contributed by atoms with E-state index in [9.17, 15) is 14.9 Å². The molecule has 0 spiro atoms. The molecular weight excluding hydrogens is 478 g/mol. The summed E-state index contributed by atoms with van der Waals surface area (Å²) < 4.78 is 2.15. The highest BCUT2D eigenvalue weighted by Gasteiger charge is 2.35. The predicted octanol–water partition coefficient (Wildman–Crippen LogP) is 6.76. The summed E-state index contributed by atoms with van der Waals surface area (Å²) in [5, 5.41) is 10.8. The minimum Gasteiger partial charge on any atom is -0.340 e. The molecule has 0 atom stereocenters. The Morgan fingerprint density at radius 1 is 1.00 bits per heavy atom. The molecule has 1 saturated heterocycles. The third-order valence-electron chi connectivity index (χ3n) is 6.12. The number of hydrogen-bond acceptors (Lipinski definition) is 4. The molecule has 3 aromatic carbocycles. The number of para-hydroxylation sites is 1. The molecule has 1 fully saturated rings. The summed E-state index contributed by atoms with van der Waals surface area (Å²) >= 11 is 7.02. The van der Waals surface area contributed by atoms with Crippen LogP contribution in [0.5, 0.6) is 0 Å². The molecule has 0 saturated carbocycles. The summed E-state index contributed by atoms with van der Waals surface area (Å²) in [6.45, 7) is 2.70. The summed E-state index contributed by atoms with van der Waals surface area (Å²) in [4.78, 5) is 27.5. The Balaban J connectivity index is 1.52. The number of benzene rings is 3. The second-order valence-electron chi connectivity index (χ2n) is 8.27. The Morgan fingerprint density at radius 2 is 1.77 bits per heavy atom. The first kappa shape index (κ1) is 23.0. The van der Waals surface area contributed by atoms with E-state index in [4.69, 9.17) is 11.6 Å². The Bertz CT molecular complexity index is 1560.